The van der Waals surface area contributed by atoms with E-state index in [1.54, 1.807) is 30.3 Å². The minimum atomic E-state index is -4.39. The number of fused-ring (bicyclic) bond motifs is 1. The fourth-order valence-corrected chi connectivity index (χ4v) is 5.15. The molecule has 2 heterocycles. The van der Waals surface area contributed by atoms with Crippen molar-refractivity contribution >= 4 is 40.4 Å². The number of rotatable bonds is 7. The summed E-state index contributed by atoms with van der Waals surface area (Å²) in [5, 5.41) is 0.910. The van der Waals surface area contributed by atoms with Gasteiger partial charge in [0.1, 0.15) is 17.3 Å². The van der Waals surface area contributed by atoms with Gasteiger partial charge in [0, 0.05) is 34.2 Å². The van der Waals surface area contributed by atoms with Gasteiger partial charge in [-0.3, -0.25) is 19.5 Å². The second kappa shape index (κ2) is 9.50. The van der Waals surface area contributed by atoms with Gasteiger partial charge in [0.15, 0.2) is 6.29 Å². The van der Waals surface area contributed by atoms with Crippen LogP contribution in [-0.2, 0) is 16.1 Å². The third kappa shape index (κ3) is 4.99. The first kappa shape index (κ1) is 25.0. The van der Waals surface area contributed by atoms with Crippen molar-refractivity contribution in [2.45, 2.75) is 42.4 Å². The number of pyridine rings is 1. The number of benzene rings is 2. The van der Waals surface area contributed by atoms with Crippen LogP contribution in [0.5, 0.6) is 5.75 Å². The van der Waals surface area contributed by atoms with Gasteiger partial charge in [-0.1, -0.05) is 12.1 Å². The third-order valence-corrected chi connectivity index (χ3v) is 7.05. The molecule has 1 atom stereocenters. The molecule has 1 aliphatic rings. The van der Waals surface area contributed by atoms with Crippen LogP contribution in [0.15, 0.2) is 59.6 Å². The fourth-order valence-electron chi connectivity index (χ4n) is 4.61. The number of Topliss-reactive ketones (excluding diaryl/α,β-unsaturated/α-hetero) is 1. The van der Waals surface area contributed by atoms with E-state index >= 15 is 0 Å². The topological polar surface area (TPSA) is 62.7 Å². The number of hydrogen-bond acceptors (Lipinski definition) is 7. The number of anilines is 1. The second-order valence-corrected chi connectivity index (χ2v) is 9.89. The highest BCUT2D eigenvalue weighted by Gasteiger charge is 2.50. The lowest BCUT2D eigenvalue weighted by atomic mass is 9.90. The number of para-hydroxylation sites is 1. The molecule has 0 N–H and O–H groups in total. The standard InChI is InChI=1S/C25H24F3N3O3S/c1-24(2)23(20(33)14-32)31(17-7-9-18(10-8-17)35-25(26,27)28)15-30(24)13-16-11-12-29-22-19(16)5-4-6-21(22)34-3/h4-12,14,23H,13,15H2,1-3H3. The molecule has 0 amide bonds. The Kier molecular flexibility index (Phi) is 6.79. The van der Waals surface area contributed by atoms with Crippen LogP contribution in [0.2, 0.25) is 0 Å². The van der Waals surface area contributed by atoms with Crippen molar-refractivity contribution in [2.24, 2.45) is 0 Å². The highest BCUT2D eigenvalue weighted by atomic mass is 32.2. The summed E-state index contributed by atoms with van der Waals surface area (Å²) in [6, 6.07) is 12.6. The summed E-state index contributed by atoms with van der Waals surface area (Å²) in [6.07, 6.45) is 2.01. The van der Waals surface area contributed by atoms with Crippen molar-refractivity contribution in [1.82, 2.24) is 9.88 Å². The number of thioether (sulfide) groups is 1. The van der Waals surface area contributed by atoms with Gasteiger partial charge in [0.25, 0.3) is 0 Å². The highest BCUT2D eigenvalue weighted by molar-refractivity contribution is 8.00. The van der Waals surface area contributed by atoms with Gasteiger partial charge in [-0.15, -0.1) is 0 Å². The normalized spacial score (nSPS) is 18.1. The highest BCUT2D eigenvalue weighted by Crippen LogP contribution is 2.40. The minimum Gasteiger partial charge on any atom is -0.494 e. The number of ether oxygens (including phenoxy) is 1. The molecule has 0 spiro atoms. The molecule has 3 aromatic rings. The number of nitrogens with zero attached hydrogens (tertiary/aromatic N) is 3. The summed E-state index contributed by atoms with van der Waals surface area (Å²) in [4.78, 5) is 32.6. The number of carbonyl (C=O) groups is 2. The monoisotopic (exact) mass is 503 g/mol. The Bertz CT molecular complexity index is 1250. The van der Waals surface area contributed by atoms with Crippen LogP contribution in [-0.4, -0.2) is 52.8 Å². The Morgan fingerprint density at radius 1 is 1.20 bits per heavy atom. The van der Waals surface area contributed by atoms with Gasteiger partial charge in [-0.2, -0.15) is 13.2 Å². The summed E-state index contributed by atoms with van der Waals surface area (Å²) < 4.78 is 43.6. The largest absolute Gasteiger partial charge is 0.494 e. The molecular formula is C25H24F3N3O3S. The Labute approximate surface area is 205 Å². The molecule has 6 nitrogen and oxygen atoms in total. The van der Waals surface area contributed by atoms with E-state index in [0.717, 1.165) is 16.5 Å². The quantitative estimate of drug-likeness (QED) is 0.254. The average Bonchev–Trinajstić information content (AvgIpc) is 3.07. The van der Waals surface area contributed by atoms with E-state index in [2.05, 4.69) is 9.88 Å². The van der Waals surface area contributed by atoms with Crippen LogP contribution in [0.1, 0.15) is 19.4 Å². The van der Waals surface area contributed by atoms with Crippen LogP contribution >= 0.6 is 11.8 Å². The maximum Gasteiger partial charge on any atom is 0.446 e. The van der Waals surface area contributed by atoms with E-state index in [0.29, 0.717) is 30.9 Å². The lowest BCUT2D eigenvalue weighted by molar-refractivity contribution is -0.131. The summed E-state index contributed by atoms with van der Waals surface area (Å²) in [6.45, 7) is 4.53. The first-order valence-corrected chi connectivity index (χ1v) is 11.6. The predicted octanol–water partition coefficient (Wildman–Crippen LogP) is 5.05. The SMILES string of the molecule is COc1cccc2c(CN3CN(c4ccc(SC(F)(F)F)cc4)C(C(=O)C=O)C3(C)C)ccnc12. The van der Waals surface area contributed by atoms with Gasteiger partial charge < -0.3 is 9.64 Å². The maximum atomic E-state index is 12.7. The number of halogens is 3. The molecule has 1 unspecified atom stereocenters. The third-order valence-electron chi connectivity index (χ3n) is 6.31. The van der Waals surface area contributed by atoms with Gasteiger partial charge >= 0.3 is 5.51 Å². The van der Waals surface area contributed by atoms with E-state index in [1.165, 1.54) is 12.1 Å². The van der Waals surface area contributed by atoms with Gasteiger partial charge in [-0.25, -0.2) is 0 Å². The molecule has 1 fully saturated rings. The first-order chi connectivity index (χ1) is 16.5. The zero-order valence-corrected chi connectivity index (χ0v) is 20.2. The van der Waals surface area contributed by atoms with E-state index in [1.807, 2.05) is 38.1 Å². The van der Waals surface area contributed by atoms with E-state index < -0.39 is 22.9 Å². The van der Waals surface area contributed by atoms with Crippen molar-refractivity contribution in [2.75, 3.05) is 18.7 Å². The second-order valence-electron chi connectivity index (χ2n) is 8.75. The van der Waals surface area contributed by atoms with Crippen molar-refractivity contribution in [3.8, 4) is 5.75 Å². The molecule has 184 valence electrons. The molecule has 4 rings (SSSR count). The molecule has 10 heteroatoms. The minimum absolute atomic E-state index is 0.0482. The van der Waals surface area contributed by atoms with Crippen LogP contribution in [0.3, 0.4) is 0 Å². The average molecular weight is 504 g/mol. The molecule has 0 aliphatic carbocycles. The zero-order chi connectivity index (χ0) is 25.4. The number of carbonyl (C=O) groups excluding carboxylic acids is 2. The Hall–Kier alpha value is -3.11. The van der Waals surface area contributed by atoms with Crippen LogP contribution in [0, 0.1) is 0 Å². The maximum absolute atomic E-state index is 12.7. The summed E-state index contributed by atoms with van der Waals surface area (Å²) in [5.41, 5.74) is -2.88. The smallest absolute Gasteiger partial charge is 0.446 e. The van der Waals surface area contributed by atoms with Crippen molar-refractivity contribution in [3.05, 3.63) is 60.3 Å². The number of aromatic nitrogens is 1. The number of ketones is 1. The first-order valence-electron chi connectivity index (χ1n) is 10.8. The number of aldehydes is 1. The zero-order valence-electron chi connectivity index (χ0n) is 19.4. The van der Waals surface area contributed by atoms with Gasteiger partial charge in [0.2, 0.25) is 5.78 Å². The van der Waals surface area contributed by atoms with E-state index in [9.17, 15) is 22.8 Å². The Morgan fingerprint density at radius 3 is 2.54 bits per heavy atom. The van der Waals surface area contributed by atoms with Gasteiger partial charge in [-0.05, 0) is 67.6 Å². The molecule has 1 saturated heterocycles. The Balaban J connectivity index is 1.68. The molecule has 0 saturated carbocycles. The Morgan fingerprint density at radius 2 is 1.91 bits per heavy atom. The number of methoxy groups -OCH3 is 1. The number of hydrogen-bond donors (Lipinski definition) is 0. The van der Waals surface area contributed by atoms with Crippen molar-refractivity contribution in [1.29, 1.82) is 0 Å². The molecule has 1 aliphatic heterocycles. The van der Waals surface area contributed by atoms with Crippen LogP contribution in [0.4, 0.5) is 18.9 Å². The fraction of sp³-hybridized carbons (Fsp3) is 0.320. The van der Waals surface area contributed by atoms with Crippen LogP contribution < -0.4 is 9.64 Å². The summed E-state index contributed by atoms with van der Waals surface area (Å²) in [5.74, 6) is 0.0602. The summed E-state index contributed by atoms with van der Waals surface area (Å²) in [7, 11) is 1.58. The van der Waals surface area contributed by atoms with Crippen LogP contribution in [0.25, 0.3) is 10.9 Å². The lowest BCUT2D eigenvalue weighted by Gasteiger charge is -2.34. The molecule has 0 bridgehead atoms. The van der Waals surface area contributed by atoms with Crippen molar-refractivity contribution in [3.63, 3.8) is 0 Å². The lowest BCUT2D eigenvalue weighted by Crippen LogP contribution is -2.51. The van der Waals surface area contributed by atoms with E-state index in [4.69, 9.17) is 4.74 Å². The van der Waals surface area contributed by atoms with Gasteiger partial charge in [0.05, 0.1) is 13.8 Å². The molecular weight excluding hydrogens is 479 g/mol. The molecule has 2 aromatic carbocycles. The van der Waals surface area contributed by atoms with Crippen molar-refractivity contribution < 1.29 is 27.5 Å². The number of alkyl halides is 3. The van der Waals surface area contributed by atoms with E-state index in [-0.39, 0.29) is 16.7 Å². The summed E-state index contributed by atoms with van der Waals surface area (Å²) >= 11 is -0.198. The molecule has 35 heavy (non-hydrogen) atoms. The molecule has 0 radical (unpaired) electrons. The molecule has 1 aromatic heterocycles. The predicted molar refractivity (Wildman–Crippen MR) is 128 cm³/mol.